The van der Waals surface area contributed by atoms with Gasteiger partial charge < -0.3 is 14.2 Å². The molecule has 0 saturated carbocycles. The van der Waals surface area contributed by atoms with Gasteiger partial charge in [-0.1, -0.05) is 181 Å². The van der Waals surface area contributed by atoms with E-state index in [1.165, 1.54) is 66.1 Å². The van der Waals surface area contributed by atoms with Crippen LogP contribution in [-0.2, 0) is 16.2 Å². The monoisotopic (exact) mass is 954 g/mol. The first kappa shape index (κ1) is 45.2. The summed E-state index contributed by atoms with van der Waals surface area (Å²) in [5.74, 6) is 0. The summed E-state index contributed by atoms with van der Waals surface area (Å²) in [6.07, 6.45) is 0. The van der Waals surface area contributed by atoms with Crippen LogP contribution in [0.3, 0.4) is 0 Å². The molecule has 0 atom stereocenters. The van der Waals surface area contributed by atoms with Crippen molar-refractivity contribution in [1.82, 2.24) is 0 Å². The molecule has 0 fully saturated rings. The van der Waals surface area contributed by atoms with E-state index in [1.807, 2.05) is 0 Å². The van der Waals surface area contributed by atoms with Crippen molar-refractivity contribution >= 4 is 77.6 Å². The summed E-state index contributed by atoms with van der Waals surface area (Å²) in [6, 6.07) is 88.9. The number of fused-ring (bicyclic) bond motifs is 9. The zero-order valence-corrected chi connectivity index (χ0v) is 42.9. The number of benzene rings is 11. The van der Waals surface area contributed by atoms with Crippen molar-refractivity contribution in [2.75, 3.05) is 9.80 Å². The number of anilines is 6. The van der Waals surface area contributed by atoms with Gasteiger partial charge in [0, 0.05) is 61.1 Å². The molecule has 0 aliphatic heterocycles. The summed E-state index contributed by atoms with van der Waals surface area (Å²) in [6.45, 7) is 14.0. The minimum Gasteiger partial charge on any atom is -0.456 e. The van der Waals surface area contributed by atoms with Crippen molar-refractivity contribution in [3.05, 3.63) is 276 Å². The highest BCUT2D eigenvalue weighted by molar-refractivity contribution is 6.15. The number of nitrogens with zero attached hydrogens (tertiary/aromatic N) is 2. The summed E-state index contributed by atoms with van der Waals surface area (Å²) in [4.78, 5) is 4.73. The maximum Gasteiger partial charge on any atom is 0.136 e. The van der Waals surface area contributed by atoms with Crippen LogP contribution in [0.4, 0.5) is 34.1 Å². The summed E-state index contributed by atoms with van der Waals surface area (Å²) in [5, 5.41) is 7.11. The molecule has 0 spiro atoms. The quantitative estimate of drug-likeness (QED) is 0.136. The molecule has 0 unspecified atom stereocenters. The molecule has 1 aliphatic carbocycles. The van der Waals surface area contributed by atoms with Crippen molar-refractivity contribution in [2.45, 2.75) is 57.8 Å². The van der Waals surface area contributed by atoms with Gasteiger partial charge in [-0.15, -0.1) is 0 Å². The molecule has 1 aromatic heterocycles. The standard InChI is InChI=1S/C71H58N2O/c1-69(2,51-19-11-7-12-20-51)53-29-35-57(36-30-53)72(55-23-15-9-16-24-55)59-33-27-47-43-62-61-39-40-65-67(68(61)71(5,6)64(62)45-49(47)41-59)63-44-48-28-34-60(42-50(48)46-66(63)74-65)73(56-25-17-10-18-26-56)58-37-31-54(32-38-58)70(3,4)52-21-13-8-14-22-52/h7-46H,1-6H3. The van der Waals surface area contributed by atoms with Crippen LogP contribution >= 0.6 is 0 Å². The third-order valence-electron chi connectivity index (χ3n) is 16.4. The van der Waals surface area contributed by atoms with Gasteiger partial charge in [0.25, 0.3) is 0 Å². The van der Waals surface area contributed by atoms with E-state index < -0.39 is 0 Å². The van der Waals surface area contributed by atoms with E-state index in [1.54, 1.807) is 0 Å². The Bertz CT molecular complexity index is 4060. The van der Waals surface area contributed by atoms with Gasteiger partial charge in [0.15, 0.2) is 0 Å². The Hall–Kier alpha value is -8.66. The van der Waals surface area contributed by atoms with E-state index in [-0.39, 0.29) is 16.2 Å². The molecule has 0 amide bonds. The number of para-hydroxylation sites is 2. The molecule has 0 N–H and O–H groups in total. The van der Waals surface area contributed by atoms with Crippen LogP contribution in [0.5, 0.6) is 0 Å². The van der Waals surface area contributed by atoms with Crippen LogP contribution < -0.4 is 9.80 Å². The second-order valence-electron chi connectivity index (χ2n) is 21.8. The molecule has 13 rings (SSSR count). The molecule has 1 heterocycles. The first-order chi connectivity index (χ1) is 35.9. The Balaban J connectivity index is 0.863. The largest absolute Gasteiger partial charge is 0.456 e. The Morgan fingerprint density at radius 2 is 0.757 bits per heavy atom. The minimum atomic E-state index is -0.285. The zero-order chi connectivity index (χ0) is 50.3. The van der Waals surface area contributed by atoms with Gasteiger partial charge in [-0.2, -0.15) is 0 Å². The van der Waals surface area contributed by atoms with Gasteiger partial charge in [-0.05, 0) is 169 Å². The Kier molecular flexibility index (Phi) is 10.5. The van der Waals surface area contributed by atoms with Crippen LogP contribution in [0.2, 0.25) is 0 Å². The van der Waals surface area contributed by atoms with E-state index in [4.69, 9.17) is 4.42 Å². The molecular formula is C71H58N2O. The molecule has 74 heavy (non-hydrogen) atoms. The van der Waals surface area contributed by atoms with Crippen molar-refractivity contribution in [3.8, 4) is 11.1 Å². The molecule has 0 bridgehead atoms. The third kappa shape index (κ3) is 7.40. The summed E-state index contributed by atoms with van der Waals surface area (Å²) >= 11 is 0. The van der Waals surface area contributed by atoms with E-state index >= 15 is 0 Å². The molecule has 3 heteroatoms. The van der Waals surface area contributed by atoms with E-state index in [2.05, 4.69) is 294 Å². The maximum absolute atomic E-state index is 6.86. The molecule has 12 aromatic rings. The highest BCUT2D eigenvalue weighted by Crippen LogP contribution is 2.55. The van der Waals surface area contributed by atoms with Gasteiger partial charge in [0.05, 0.1) is 0 Å². The molecular weight excluding hydrogens is 897 g/mol. The van der Waals surface area contributed by atoms with Gasteiger partial charge in [-0.25, -0.2) is 0 Å². The SMILES string of the molecule is CC(C)(c1ccccc1)c1ccc(N(c2ccccc2)c2ccc3cc4c(cc3c2)C(C)(C)c2c-4ccc3oc4cc5cc(N(c6ccccc6)c6ccc(C(C)(C)c7ccccc7)cc6)ccc5cc4c23)cc1. The molecule has 0 radical (unpaired) electrons. The molecule has 3 nitrogen and oxygen atoms in total. The second-order valence-corrected chi connectivity index (χ2v) is 21.8. The average Bonchev–Trinajstić information content (AvgIpc) is 3.92. The fourth-order valence-electron chi connectivity index (χ4n) is 12.1. The lowest BCUT2D eigenvalue weighted by atomic mass is 9.78. The van der Waals surface area contributed by atoms with E-state index in [0.717, 1.165) is 56.1 Å². The van der Waals surface area contributed by atoms with Gasteiger partial charge in [-0.3, -0.25) is 0 Å². The van der Waals surface area contributed by atoms with Crippen LogP contribution in [-0.4, -0.2) is 0 Å². The fraction of sp³-hybridized carbons (Fsp3) is 0.127. The first-order valence-electron chi connectivity index (χ1n) is 26.0. The number of rotatable bonds is 10. The van der Waals surface area contributed by atoms with E-state index in [9.17, 15) is 0 Å². The lowest BCUT2D eigenvalue weighted by Gasteiger charge is -2.29. The van der Waals surface area contributed by atoms with Crippen molar-refractivity contribution in [3.63, 3.8) is 0 Å². The Morgan fingerprint density at radius 1 is 0.338 bits per heavy atom. The highest BCUT2D eigenvalue weighted by Gasteiger charge is 2.39. The predicted molar refractivity (Wildman–Crippen MR) is 313 cm³/mol. The normalized spacial score (nSPS) is 13.1. The topological polar surface area (TPSA) is 19.6 Å². The van der Waals surface area contributed by atoms with Crippen LogP contribution in [0, 0.1) is 0 Å². The highest BCUT2D eigenvalue weighted by atomic mass is 16.3. The van der Waals surface area contributed by atoms with Crippen LogP contribution in [0.25, 0.3) is 54.6 Å². The van der Waals surface area contributed by atoms with Crippen LogP contribution in [0.15, 0.2) is 247 Å². The first-order valence-corrected chi connectivity index (χ1v) is 26.0. The third-order valence-corrected chi connectivity index (χ3v) is 16.4. The van der Waals surface area contributed by atoms with Gasteiger partial charge >= 0.3 is 0 Å². The van der Waals surface area contributed by atoms with E-state index in [0.29, 0.717) is 0 Å². The smallest absolute Gasteiger partial charge is 0.136 e. The van der Waals surface area contributed by atoms with Crippen molar-refractivity contribution < 1.29 is 4.42 Å². The van der Waals surface area contributed by atoms with Gasteiger partial charge in [0.1, 0.15) is 11.2 Å². The molecule has 358 valence electrons. The summed E-state index contributed by atoms with van der Waals surface area (Å²) < 4.78 is 6.86. The van der Waals surface area contributed by atoms with Crippen molar-refractivity contribution in [1.29, 1.82) is 0 Å². The van der Waals surface area contributed by atoms with Crippen LogP contribution in [0.1, 0.15) is 74.9 Å². The predicted octanol–water partition coefficient (Wildman–Crippen LogP) is 19.8. The lowest BCUT2D eigenvalue weighted by Crippen LogP contribution is -2.19. The number of furan rings is 1. The summed E-state index contributed by atoms with van der Waals surface area (Å²) in [5.41, 5.74) is 18.3. The number of hydrogen-bond donors (Lipinski definition) is 0. The molecule has 1 aliphatic rings. The Labute approximate surface area is 434 Å². The second kappa shape index (κ2) is 17.2. The fourth-order valence-corrected chi connectivity index (χ4v) is 12.1. The minimum absolute atomic E-state index is 0.126. The average molecular weight is 955 g/mol. The molecule has 11 aromatic carbocycles. The molecule has 0 saturated heterocycles. The Morgan fingerprint density at radius 3 is 1.26 bits per heavy atom. The maximum atomic E-state index is 6.86. The van der Waals surface area contributed by atoms with Crippen molar-refractivity contribution in [2.24, 2.45) is 0 Å². The summed E-state index contributed by atoms with van der Waals surface area (Å²) in [7, 11) is 0. The zero-order valence-electron chi connectivity index (χ0n) is 42.9. The lowest BCUT2D eigenvalue weighted by molar-refractivity contribution is 0.641. The number of hydrogen-bond acceptors (Lipinski definition) is 3. The van der Waals surface area contributed by atoms with Gasteiger partial charge in [0.2, 0.25) is 0 Å².